The zero-order chi connectivity index (χ0) is 17.5. The molecule has 1 aliphatic rings. The number of nitrogens with one attached hydrogen (secondary N) is 1. The molecule has 0 unspecified atom stereocenters. The first-order valence-electron chi connectivity index (χ1n) is 9.31. The summed E-state index contributed by atoms with van der Waals surface area (Å²) in [5.74, 6) is 0.712. The fourth-order valence-corrected chi connectivity index (χ4v) is 3.49. The van der Waals surface area contributed by atoms with Crippen molar-refractivity contribution in [1.82, 2.24) is 15.2 Å². The van der Waals surface area contributed by atoms with Gasteiger partial charge >= 0.3 is 0 Å². The highest BCUT2D eigenvalue weighted by Gasteiger charge is 2.22. The van der Waals surface area contributed by atoms with Crippen LogP contribution in [0.5, 0.6) is 0 Å². The molecule has 2 heterocycles. The molecule has 1 aromatic carbocycles. The third-order valence-corrected chi connectivity index (χ3v) is 5.22. The molecule has 0 bridgehead atoms. The Hall–Kier alpha value is -1.75. The number of rotatable bonds is 7. The summed E-state index contributed by atoms with van der Waals surface area (Å²) >= 11 is 0. The van der Waals surface area contributed by atoms with Gasteiger partial charge in [-0.1, -0.05) is 36.4 Å². The monoisotopic (exact) mass is 339 g/mol. The van der Waals surface area contributed by atoms with Crippen LogP contribution >= 0.6 is 0 Å². The Labute approximate surface area is 150 Å². The Kier molecular flexibility index (Phi) is 6.56. The van der Waals surface area contributed by atoms with Crippen molar-refractivity contribution in [3.63, 3.8) is 0 Å². The molecule has 0 spiro atoms. The number of hydrogen-bond donors (Lipinski definition) is 2. The van der Waals surface area contributed by atoms with Crippen LogP contribution in [0.1, 0.15) is 43.0 Å². The molecular formula is C21H29N3O. The minimum Gasteiger partial charge on any atom is -0.387 e. The second-order valence-corrected chi connectivity index (χ2v) is 7.09. The van der Waals surface area contributed by atoms with Gasteiger partial charge in [-0.3, -0.25) is 4.98 Å². The van der Waals surface area contributed by atoms with E-state index in [9.17, 15) is 5.11 Å². The molecule has 2 aromatic rings. The van der Waals surface area contributed by atoms with E-state index in [4.69, 9.17) is 0 Å². The predicted octanol–water partition coefficient (Wildman–Crippen LogP) is 3.18. The molecule has 2 atom stereocenters. The number of β-amino-alcohol motifs (C(OH)–C–C–N with tert-alkyl or cyclic N) is 1. The van der Waals surface area contributed by atoms with Crippen LogP contribution in [0.25, 0.3) is 0 Å². The van der Waals surface area contributed by atoms with Crippen LogP contribution in [0.3, 0.4) is 0 Å². The number of pyridine rings is 1. The van der Waals surface area contributed by atoms with Crippen LogP contribution in [0.4, 0.5) is 0 Å². The Morgan fingerprint density at radius 1 is 1.12 bits per heavy atom. The standard InChI is InChI=1S/C21H29N3O/c1-17(20-8-5-11-22-15-20)23-14-18-9-12-24(13-10-18)16-21(25)19-6-3-2-4-7-19/h2-8,11,15,17-18,21,23,25H,9-10,12-14,16H2,1H3/t17-,21+/m0/s1. The molecule has 1 aliphatic heterocycles. The summed E-state index contributed by atoms with van der Waals surface area (Å²) in [6.07, 6.45) is 5.74. The summed E-state index contributed by atoms with van der Waals surface area (Å²) in [4.78, 5) is 6.58. The van der Waals surface area contributed by atoms with Gasteiger partial charge in [0.25, 0.3) is 0 Å². The summed E-state index contributed by atoms with van der Waals surface area (Å²) < 4.78 is 0. The number of likely N-dealkylation sites (tertiary alicyclic amines) is 1. The van der Waals surface area contributed by atoms with Crippen LogP contribution in [0.15, 0.2) is 54.9 Å². The van der Waals surface area contributed by atoms with Gasteiger partial charge in [0.05, 0.1) is 6.10 Å². The van der Waals surface area contributed by atoms with Crippen molar-refractivity contribution >= 4 is 0 Å². The van der Waals surface area contributed by atoms with Gasteiger partial charge in [0, 0.05) is 25.0 Å². The molecular weight excluding hydrogens is 310 g/mol. The third kappa shape index (κ3) is 5.36. The molecule has 1 aromatic heterocycles. The third-order valence-electron chi connectivity index (χ3n) is 5.22. The van der Waals surface area contributed by atoms with Crippen molar-refractivity contribution in [2.75, 3.05) is 26.2 Å². The maximum atomic E-state index is 10.4. The average molecular weight is 339 g/mol. The first kappa shape index (κ1) is 18.1. The van der Waals surface area contributed by atoms with Crippen LogP contribution in [0, 0.1) is 5.92 Å². The summed E-state index contributed by atoms with van der Waals surface area (Å²) in [6, 6.07) is 14.4. The molecule has 1 saturated heterocycles. The largest absolute Gasteiger partial charge is 0.387 e. The Morgan fingerprint density at radius 2 is 1.84 bits per heavy atom. The van der Waals surface area contributed by atoms with E-state index in [2.05, 4.69) is 28.2 Å². The van der Waals surface area contributed by atoms with E-state index in [1.54, 1.807) is 0 Å². The first-order chi connectivity index (χ1) is 12.2. The van der Waals surface area contributed by atoms with Crippen LogP contribution < -0.4 is 5.32 Å². The van der Waals surface area contributed by atoms with E-state index in [1.165, 1.54) is 18.4 Å². The number of nitrogens with zero attached hydrogens (tertiary/aromatic N) is 2. The molecule has 4 nitrogen and oxygen atoms in total. The second-order valence-electron chi connectivity index (χ2n) is 7.09. The number of piperidine rings is 1. The topological polar surface area (TPSA) is 48.4 Å². The van der Waals surface area contributed by atoms with Crippen molar-refractivity contribution < 1.29 is 5.11 Å². The number of aromatic nitrogens is 1. The quantitative estimate of drug-likeness (QED) is 0.813. The molecule has 3 rings (SSSR count). The van der Waals surface area contributed by atoms with E-state index in [0.717, 1.165) is 31.7 Å². The predicted molar refractivity (Wildman–Crippen MR) is 101 cm³/mol. The lowest BCUT2D eigenvalue weighted by Gasteiger charge is -2.33. The van der Waals surface area contributed by atoms with Gasteiger partial charge in [-0.15, -0.1) is 0 Å². The van der Waals surface area contributed by atoms with E-state index in [1.807, 2.05) is 48.8 Å². The van der Waals surface area contributed by atoms with Gasteiger partial charge in [-0.05, 0) is 62.5 Å². The van der Waals surface area contributed by atoms with Crippen molar-refractivity contribution in [3.05, 3.63) is 66.0 Å². The minimum atomic E-state index is -0.388. The zero-order valence-electron chi connectivity index (χ0n) is 15.0. The van der Waals surface area contributed by atoms with Gasteiger partial charge < -0.3 is 15.3 Å². The number of hydrogen-bond acceptors (Lipinski definition) is 4. The second kappa shape index (κ2) is 9.09. The molecule has 0 radical (unpaired) electrons. The maximum Gasteiger partial charge on any atom is 0.0916 e. The van der Waals surface area contributed by atoms with E-state index < -0.39 is 0 Å². The summed E-state index contributed by atoms with van der Waals surface area (Å²) in [6.45, 7) is 6.11. The average Bonchev–Trinajstić information content (AvgIpc) is 2.68. The maximum absolute atomic E-state index is 10.4. The highest BCUT2D eigenvalue weighted by atomic mass is 16.3. The van der Waals surface area contributed by atoms with Crippen LogP contribution in [-0.2, 0) is 0 Å². The Bertz CT molecular complexity index is 612. The smallest absolute Gasteiger partial charge is 0.0916 e. The fraction of sp³-hybridized carbons (Fsp3) is 0.476. The van der Waals surface area contributed by atoms with Crippen molar-refractivity contribution in [1.29, 1.82) is 0 Å². The molecule has 2 N–H and O–H groups in total. The summed E-state index contributed by atoms with van der Waals surface area (Å²) in [5.41, 5.74) is 2.25. The van der Waals surface area contributed by atoms with Gasteiger partial charge in [0.2, 0.25) is 0 Å². The lowest BCUT2D eigenvalue weighted by Crippen LogP contribution is -2.39. The van der Waals surface area contributed by atoms with Gasteiger partial charge in [0.15, 0.2) is 0 Å². The van der Waals surface area contributed by atoms with Gasteiger partial charge in [0.1, 0.15) is 0 Å². The van der Waals surface area contributed by atoms with Gasteiger partial charge in [-0.2, -0.15) is 0 Å². The van der Waals surface area contributed by atoms with Crippen LogP contribution in [0.2, 0.25) is 0 Å². The Morgan fingerprint density at radius 3 is 2.52 bits per heavy atom. The van der Waals surface area contributed by atoms with Crippen molar-refractivity contribution in [2.45, 2.75) is 31.9 Å². The number of aliphatic hydroxyl groups excluding tert-OH is 1. The summed E-state index contributed by atoms with van der Waals surface area (Å²) in [7, 11) is 0. The van der Waals surface area contributed by atoms with Crippen molar-refractivity contribution in [2.24, 2.45) is 5.92 Å². The van der Waals surface area contributed by atoms with Gasteiger partial charge in [-0.25, -0.2) is 0 Å². The molecule has 25 heavy (non-hydrogen) atoms. The minimum absolute atomic E-state index is 0.339. The molecule has 1 fully saturated rings. The van der Waals surface area contributed by atoms with E-state index in [0.29, 0.717) is 12.0 Å². The molecule has 0 amide bonds. The highest BCUT2D eigenvalue weighted by Crippen LogP contribution is 2.21. The summed E-state index contributed by atoms with van der Waals surface area (Å²) in [5, 5.41) is 14.0. The first-order valence-corrected chi connectivity index (χ1v) is 9.31. The number of aliphatic hydroxyl groups is 1. The molecule has 4 heteroatoms. The number of benzene rings is 1. The molecule has 134 valence electrons. The normalized spacial score (nSPS) is 18.8. The zero-order valence-corrected chi connectivity index (χ0v) is 15.0. The highest BCUT2D eigenvalue weighted by molar-refractivity contribution is 5.17. The lowest BCUT2D eigenvalue weighted by molar-refractivity contribution is 0.0888. The van der Waals surface area contributed by atoms with E-state index >= 15 is 0 Å². The van der Waals surface area contributed by atoms with Crippen LogP contribution in [-0.4, -0.2) is 41.2 Å². The Balaban J connectivity index is 1.39. The van der Waals surface area contributed by atoms with E-state index in [-0.39, 0.29) is 6.10 Å². The van der Waals surface area contributed by atoms with Crippen molar-refractivity contribution in [3.8, 4) is 0 Å². The molecule has 0 aliphatic carbocycles. The SMILES string of the molecule is C[C@H](NCC1CCN(C[C@@H](O)c2ccccc2)CC1)c1cccnc1. The molecule has 0 saturated carbocycles. The fourth-order valence-electron chi connectivity index (χ4n) is 3.49. The lowest BCUT2D eigenvalue weighted by atomic mass is 9.95.